The van der Waals surface area contributed by atoms with Gasteiger partial charge in [-0.3, -0.25) is 0 Å². The van der Waals surface area contributed by atoms with Crippen molar-refractivity contribution in [2.45, 2.75) is 96.8 Å². The van der Waals surface area contributed by atoms with Crippen molar-refractivity contribution in [2.75, 3.05) is 40.1 Å². The quantitative estimate of drug-likeness (QED) is 0.234. The Bertz CT molecular complexity index is 187. The maximum Gasteiger partial charge on any atom is 0.0701 e. The molecule has 0 bridgehead atoms. The van der Waals surface area contributed by atoms with Gasteiger partial charge in [0.15, 0.2) is 0 Å². The largest absolute Gasteiger partial charge is 0.382 e. The van der Waals surface area contributed by atoms with Gasteiger partial charge >= 0.3 is 0 Å². The molecule has 0 fully saturated rings. The van der Waals surface area contributed by atoms with Gasteiger partial charge in [-0.15, -0.1) is 0 Å². The van der Waals surface area contributed by atoms with Gasteiger partial charge in [0.1, 0.15) is 0 Å². The molecule has 0 aromatic rings. The normalized spacial score (nSPS) is 11.2. The predicted molar refractivity (Wildman–Crippen MR) is 104 cm³/mol. The van der Waals surface area contributed by atoms with Crippen LogP contribution in [0.5, 0.6) is 0 Å². The molecule has 0 amide bonds. The van der Waals surface area contributed by atoms with E-state index in [1.165, 1.54) is 89.9 Å². The SMILES string of the molecule is CCCCCCCCCCCCCCCCOCCOCCOC. The zero-order valence-electron chi connectivity index (χ0n) is 16.7. The van der Waals surface area contributed by atoms with Crippen molar-refractivity contribution in [3.05, 3.63) is 0 Å². The Morgan fingerprint density at radius 3 is 1.25 bits per heavy atom. The van der Waals surface area contributed by atoms with E-state index < -0.39 is 0 Å². The fraction of sp³-hybridized carbons (Fsp3) is 1.00. The summed E-state index contributed by atoms with van der Waals surface area (Å²) in [6.45, 7) is 5.89. The van der Waals surface area contributed by atoms with Crippen molar-refractivity contribution >= 4 is 0 Å². The average Bonchev–Trinajstić information content (AvgIpc) is 2.60. The molecule has 0 rings (SSSR count). The molecule has 0 saturated carbocycles. The van der Waals surface area contributed by atoms with Crippen LogP contribution in [0.2, 0.25) is 0 Å². The van der Waals surface area contributed by atoms with E-state index in [0.29, 0.717) is 26.4 Å². The minimum Gasteiger partial charge on any atom is -0.382 e. The van der Waals surface area contributed by atoms with E-state index in [4.69, 9.17) is 14.2 Å². The van der Waals surface area contributed by atoms with E-state index >= 15 is 0 Å². The Morgan fingerprint density at radius 2 is 0.792 bits per heavy atom. The van der Waals surface area contributed by atoms with Gasteiger partial charge in [-0.2, -0.15) is 0 Å². The first kappa shape index (κ1) is 23.9. The van der Waals surface area contributed by atoms with E-state index in [0.717, 1.165) is 6.61 Å². The number of ether oxygens (including phenoxy) is 3. The summed E-state index contributed by atoms with van der Waals surface area (Å²) in [5.74, 6) is 0. The third kappa shape index (κ3) is 21.9. The Kier molecular flexibility index (Phi) is 22.8. The number of methoxy groups -OCH3 is 1. The topological polar surface area (TPSA) is 27.7 Å². The Hall–Kier alpha value is -0.120. The van der Waals surface area contributed by atoms with Gasteiger partial charge in [0.2, 0.25) is 0 Å². The first-order valence-corrected chi connectivity index (χ1v) is 10.6. The van der Waals surface area contributed by atoms with Crippen molar-refractivity contribution in [1.82, 2.24) is 0 Å². The fourth-order valence-electron chi connectivity index (χ4n) is 2.86. The molecule has 0 heterocycles. The predicted octanol–water partition coefficient (Wildman–Crippen LogP) is 6.15. The van der Waals surface area contributed by atoms with E-state index in [1.54, 1.807) is 7.11 Å². The molecule has 0 saturated heterocycles. The molecule has 0 aromatic heterocycles. The highest BCUT2D eigenvalue weighted by Gasteiger charge is 1.95. The molecule has 0 atom stereocenters. The van der Waals surface area contributed by atoms with Crippen LogP contribution in [0.4, 0.5) is 0 Å². The molecule has 0 aliphatic heterocycles. The molecule has 0 aliphatic carbocycles. The lowest BCUT2D eigenvalue weighted by Crippen LogP contribution is -2.08. The highest BCUT2D eigenvalue weighted by atomic mass is 16.5. The third-order valence-electron chi connectivity index (χ3n) is 4.45. The van der Waals surface area contributed by atoms with Crippen molar-refractivity contribution in [3.63, 3.8) is 0 Å². The smallest absolute Gasteiger partial charge is 0.0701 e. The summed E-state index contributed by atoms with van der Waals surface area (Å²) in [5, 5.41) is 0. The van der Waals surface area contributed by atoms with Gasteiger partial charge < -0.3 is 14.2 Å². The highest BCUT2D eigenvalue weighted by Crippen LogP contribution is 2.12. The summed E-state index contributed by atoms with van der Waals surface area (Å²) < 4.78 is 15.8. The number of hydrogen-bond donors (Lipinski definition) is 0. The van der Waals surface area contributed by atoms with Crippen LogP contribution in [0.1, 0.15) is 96.8 Å². The van der Waals surface area contributed by atoms with Gasteiger partial charge in [0.05, 0.1) is 26.4 Å². The molecular formula is C21H44O3. The molecular weight excluding hydrogens is 300 g/mol. The average molecular weight is 345 g/mol. The van der Waals surface area contributed by atoms with Crippen molar-refractivity contribution in [2.24, 2.45) is 0 Å². The second-order valence-electron chi connectivity index (χ2n) is 6.81. The minimum atomic E-state index is 0.665. The number of unbranched alkanes of at least 4 members (excludes halogenated alkanes) is 13. The van der Waals surface area contributed by atoms with Gasteiger partial charge in [0, 0.05) is 13.7 Å². The van der Waals surface area contributed by atoms with E-state index in [2.05, 4.69) is 6.92 Å². The summed E-state index contributed by atoms with van der Waals surface area (Å²) >= 11 is 0. The summed E-state index contributed by atoms with van der Waals surface area (Å²) in [4.78, 5) is 0. The lowest BCUT2D eigenvalue weighted by Gasteiger charge is -2.06. The van der Waals surface area contributed by atoms with Crippen LogP contribution in [-0.4, -0.2) is 40.1 Å². The second-order valence-corrected chi connectivity index (χ2v) is 6.81. The van der Waals surface area contributed by atoms with Crippen molar-refractivity contribution < 1.29 is 14.2 Å². The van der Waals surface area contributed by atoms with Crippen LogP contribution in [0.3, 0.4) is 0 Å². The molecule has 0 spiro atoms. The van der Waals surface area contributed by atoms with Crippen LogP contribution < -0.4 is 0 Å². The lowest BCUT2D eigenvalue weighted by molar-refractivity contribution is 0.0239. The maximum atomic E-state index is 5.56. The minimum absolute atomic E-state index is 0.665. The Balaban J connectivity index is 2.93. The monoisotopic (exact) mass is 344 g/mol. The van der Waals surface area contributed by atoms with Gasteiger partial charge in [-0.05, 0) is 6.42 Å². The Morgan fingerprint density at radius 1 is 0.417 bits per heavy atom. The van der Waals surface area contributed by atoms with Gasteiger partial charge in [-0.1, -0.05) is 90.4 Å². The molecule has 0 aromatic carbocycles. The van der Waals surface area contributed by atoms with E-state index in [-0.39, 0.29) is 0 Å². The standard InChI is InChI=1S/C21H44O3/c1-3-4-5-6-7-8-9-10-11-12-13-14-15-16-17-23-20-21-24-19-18-22-2/h3-21H2,1-2H3. The summed E-state index contributed by atoms with van der Waals surface area (Å²) in [5.41, 5.74) is 0. The van der Waals surface area contributed by atoms with Gasteiger partial charge in [-0.25, -0.2) is 0 Å². The summed E-state index contributed by atoms with van der Waals surface area (Å²) in [6.07, 6.45) is 19.6. The zero-order valence-corrected chi connectivity index (χ0v) is 16.7. The maximum absolute atomic E-state index is 5.56. The lowest BCUT2D eigenvalue weighted by atomic mass is 10.0. The van der Waals surface area contributed by atoms with Crippen LogP contribution in [0, 0.1) is 0 Å². The molecule has 3 nitrogen and oxygen atoms in total. The van der Waals surface area contributed by atoms with Crippen molar-refractivity contribution in [3.8, 4) is 0 Å². The number of rotatable bonds is 21. The van der Waals surface area contributed by atoms with Crippen LogP contribution >= 0.6 is 0 Å². The first-order chi connectivity index (χ1) is 11.9. The molecule has 0 unspecified atom stereocenters. The summed E-state index contributed by atoms with van der Waals surface area (Å²) in [7, 11) is 1.69. The molecule has 24 heavy (non-hydrogen) atoms. The van der Waals surface area contributed by atoms with Crippen LogP contribution in [0.15, 0.2) is 0 Å². The third-order valence-corrected chi connectivity index (χ3v) is 4.45. The van der Waals surface area contributed by atoms with E-state index in [1.807, 2.05) is 0 Å². The molecule has 3 heteroatoms. The number of hydrogen-bond acceptors (Lipinski definition) is 3. The highest BCUT2D eigenvalue weighted by molar-refractivity contribution is 4.49. The van der Waals surface area contributed by atoms with Crippen LogP contribution in [0.25, 0.3) is 0 Å². The van der Waals surface area contributed by atoms with E-state index in [9.17, 15) is 0 Å². The first-order valence-electron chi connectivity index (χ1n) is 10.6. The molecule has 0 radical (unpaired) electrons. The van der Waals surface area contributed by atoms with Gasteiger partial charge in [0.25, 0.3) is 0 Å². The summed E-state index contributed by atoms with van der Waals surface area (Å²) in [6, 6.07) is 0. The molecule has 146 valence electrons. The zero-order chi connectivity index (χ0) is 17.6. The van der Waals surface area contributed by atoms with Crippen molar-refractivity contribution in [1.29, 1.82) is 0 Å². The van der Waals surface area contributed by atoms with Crippen LogP contribution in [-0.2, 0) is 14.2 Å². The molecule has 0 N–H and O–H groups in total. The Labute approximate surface area is 151 Å². The molecule has 0 aliphatic rings. The fourth-order valence-corrected chi connectivity index (χ4v) is 2.86. The second kappa shape index (κ2) is 22.9.